The summed E-state index contributed by atoms with van der Waals surface area (Å²) in [4.78, 5) is 15.1. The molecule has 3 aromatic carbocycles. The lowest BCUT2D eigenvalue weighted by Crippen LogP contribution is -2.34. The first-order valence-electron chi connectivity index (χ1n) is 10.0. The van der Waals surface area contributed by atoms with Crippen LogP contribution in [0.4, 0.5) is 5.69 Å². The third-order valence-electron chi connectivity index (χ3n) is 5.34. The number of aryl methyl sites for hydroxylation is 1. The Balaban J connectivity index is 1.55. The minimum atomic E-state index is -0.312. The van der Waals surface area contributed by atoms with Gasteiger partial charge in [-0.25, -0.2) is 5.84 Å². The molecule has 3 aromatic rings. The zero-order valence-corrected chi connectivity index (χ0v) is 17.0. The van der Waals surface area contributed by atoms with Crippen molar-refractivity contribution in [3.05, 3.63) is 113 Å². The number of para-hydroxylation sites is 1. The molecule has 1 atom stereocenters. The fourth-order valence-electron chi connectivity index (χ4n) is 3.91. The molecule has 5 nitrogen and oxygen atoms in total. The van der Waals surface area contributed by atoms with E-state index in [1.54, 1.807) is 16.1 Å². The van der Waals surface area contributed by atoms with Gasteiger partial charge < -0.3 is 15.6 Å². The number of benzene rings is 3. The molecule has 5 heteroatoms. The Morgan fingerprint density at radius 3 is 2.40 bits per heavy atom. The van der Waals surface area contributed by atoms with Crippen LogP contribution in [0.1, 0.15) is 28.2 Å². The van der Waals surface area contributed by atoms with E-state index >= 15 is 0 Å². The minimum absolute atomic E-state index is 0.0306. The monoisotopic (exact) mass is 398 g/mol. The lowest BCUT2D eigenvalue weighted by molar-refractivity contribution is -0.118. The van der Waals surface area contributed by atoms with E-state index in [9.17, 15) is 4.79 Å². The molecule has 1 heterocycles. The molecular weight excluding hydrogens is 372 g/mol. The number of carbonyl (C=O) groups excluding carboxylic acids is 1. The van der Waals surface area contributed by atoms with Crippen LogP contribution in [0.3, 0.4) is 0 Å². The number of hydrogen-bond donors (Lipinski definition) is 2. The number of hydrogen-bond acceptors (Lipinski definition) is 4. The Labute approximate surface area is 177 Å². The Morgan fingerprint density at radius 2 is 1.67 bits per heavy atom. The van der Waals surface area contributed by atoms with Gasteiger partial charge in [0.25, 0.3) is 0 Å². The van der Waals surface area contributed by atoms with Gasteiger partial charge in [-0.1, -0.05) is 78.4 Å². The van der Waals surface area contributed by atoms with Gasteiger partial charge in [-0.15, -0.1) is 0 Å². The third-order valence-corrected chi connectivity index (χ3v) is 5.34. The number of anilines is 1. The lowest BCUT2D eigenvalue weighted by Gasteiger charge is -2.20. The van der Waals surface area contributed by atoms with Crippen molar-refractivity contribution in [1.82, 2.24) is 5.01 Å². The highest BCUT2D eigenvalue weighted by molar-refractivity contribution is 6.07. The molecule has 0 radical (unpaired) electrons. The van der Waals surface area contributed by atoms with Crippen molar-refractivity contribution in [3.8, 4) is 0 Å². The van der Waals surface area contributed by atoms with Crippen molar-refractivity contribution in [2.75, 3.05) is 11.4 Å². The molecule has 1 aliphatic rings. The van der Waals surface area contributed by atoms with E-state index in [1.807, 2.05) is 85.8 Å². The summed E-state index contributed by atoms with van der Waals surface area (Å²) in [5.74, 6) is 5.83. The van der Waals surface area contributed by atoms with E-state index in [0.29, 0.717) is 18.8 Å². The van der Waals surface area contributed by atoms with E-state index in [1.165, 1.54) is 5.56 Å². The first-order chi connectivity index (χ1) is 14.5. The molecule has 0 aromatic heterocycles. The zero-order chi connectivity index (χ0) is 21.1. The van der Waals surface area contributed by atoms with E-state index in [2.05, 4.69) is 0 Å². The summed E-state index contributed by atoms with van der Waals surface area (Å²) < 4.78 is 0. The van der Waals surface area contributed by atoms with Crippen LogP contribution in [-0.2, 0) is 11.3 Å². The summed E-state index contributed by atoms with van der Waals surface area (Å²) in [6.45, 7) is 2.87. The Kier molecular flexibility index (Phi) is 5.55. The molecule has 0 unspecified atom stereocenters. The number of carbonyl (C=O) groups is 1. The predicted octanol–water partition coefficient (Wildman–Crippen LogP) is 3.65. The first-order valence-corrected chi connectivity index (χ1v) is 10.0. The number of amides is 1. The summed E-state index contributed by atoms with van der Waals surface area (Å²) in [7, 11) is 0. The minimum Gasteiger partial charge on any atom is -0.399 e. The van der Waals surface area contributed by atoms with Crippen molar-refractivity contribution >= 4 is 11.6 Å². The molecule has 152 valence electrons. The van der Waals surface area contributed by atoms with Crippen LogP contribution in [0.25, 0.3) is 0 Å². The number of nitrogens with two attached hydrogens (primary N) is 2. The lowest BCUT2D eigenvalue weighted by atomic mass is 9.92. The molecule has 1 amide bonds. The van der Waals surface area contributed by atoms with Crippen LogP contribution >= 0.6 is 0 Å². The van der Waals surface area contributed by atoms with Gasteiger partial charge in [-0.3, -0.25) is 4.79 Å². The molecule has 4 N–H and O–H groups in total. The van der Waals surface area contributed by atoms with Gasteiger partial charge >= 0.3 is 0 Å². The standard InChI is InChI=1S/C25H26N4O/c1-18-11-13-20(14-12-18)24-22-9-5-6-10-23(22)29(25(24)30)17-21(26)16-28(27)15-19-7-3-2-4-8-19/h2-14,16,24H,15,17,26-27H2,1H3/b21-16-/t24-/m1/s1. The molecule has 0 spiro atoms. The van der Waals surface area contributed by atoms with E-state index in [-0.39, 0.29) is 11.8 Å². The fourth-order valence-corrected chi connectivity index (χ4v) is 3.91. The van der Waals surface area contributed by atoms with E-state index in [0.717, 1.165) is 22.4 Å². The SMILES string of the molecule is Cc1ccc([C@H]2C(=O)N(C/C(N)=C/N(N)Cc3ccccc3)c3ccccc32)cc1. The molecule has 0 bridgehead atoms. The summed E-state index contributed by atoms with van der Waals surface area (Å²) in [6.07, 6.45) is 1.70. The second-order valence-corrected chi connectivity index (χ2v) is 7.69. The molecule has 0 saturated carbocycles. The maximum Gasteiger partial charge on any atom is 0.239 e. The number of nitrogens with zero attached hydrogens (tertiary/aromatic N) is 2. The Bertz CT molecular complexity index is 1060. The highest BCUT2D eigenvalue weighted by Crippen LogP contribution is 2.41. The van der Waals surface area contributed by atoms with Crippen LogP contribution in [0.5, 0.6) is 0 Å². The maximum atomic E-state index is 13.4. The van der Waals surface area contributed by atoms with Gasteiger partial charge in [0.15, 0.2) is 0 Å². The first kappa shape index (κ1) is 19.7. The number of rotatable bonds is 6. The Hall–Kier alpha value is -3.57. The molecule has 0 aliphatic carbocycles. The second kappa shape index (κ2) is 8.43. The van der Waals surface area contributed by atoms with Crippen LogP contribution < -0.4 is 16.5 Å². The highest BCUT2D eigenvalue weighted by Gasteiger charge is 2.38. The molecular formula is C25H26N4O. The van der Waals surface area contributed by atoms with Crippen molar-refractivity contribution in [2.24, 2.45) is 11.6 Å². The van der Waals surface area contributed by atoms with Gasteiger partial charge in [-0.2, -0.15) is 0 Å². The largest absolute Gasteiger partial charge is 0.399 e. The summed E-state index contributed by atoms with van der Waals surface area (Å²) >= 11 is 0. The molecule has 4 rings (SSSR count). The third kappa shape index (κ3) is 4.07. The van der Waals surface area contributed by atoms with Gasteiger partial charge in [0.1, 0.15) is 0 Å². The van der Waals surface area contributed by atoms with E-state index < -0.39 is 0 Å². The normalized spacial score (nSPS) is 15.9. The van der Waals surface area contributed by atoms with Gasteiger partial charge in [0.2, 0.25) is 5.91 Å². The zero-order valence-electron chi connectivity index (χ0n) is 17.0. The number of hydrazine groups is 1. The van der Waals surface area contributed by atoms with Gasteiger partial charge in [0, 0.05) is 17.6 Å². The van der Waals surface area contributed by atoms with E-state index in [4.69, 9.17) is 11.6 Å². The van der Waals surface area contributed by atoms with Crippen LogP contribution in [-0.4, -0.2) is 17.5 Å². The average Bonchev–Trinajstić information content (AvgIpc) is 3.01. The highest BCUT2D eigenvalue weighted by atomic mass is 16.2. The topological polar surface area (TPSA) is 75.6 Å². The maximum absolute atomic E-state index is 13.4. The summed E-state index contributed by atoms with van der Waals surface area (Å²) in [6, 6.07) is 26.0. The van der Waals surface area contributed by atoms with Crippen molar-refractivity contribution in [1.29, 1.82) is 0 Å². The van der Waals surface area contributed by atoms with Crippen molar-refractivity contribution in [3.63, 3.8) is 0 Å². The molecule has 0 fully saturated rings. The van der Waals surface area contributed by atoms with Crippen LogP contribution in [0.15, 0.2) is 90.8 Å². The molecule has 30 heavy (non-hydrogen) atoms. The smallest absolute Gasteiger partial charge is 0.239 e. The second-order valence-electron chi connectivity index (χ2n) is 7.69. The fraction of sp³-hybridized carbons (Fsp3) is 0.160. The van der Waals surface area contributed by atoms with Crippen molar-refractivity contribution < 1.29 is 4.79 Å². The van der Waals surface area contributed by atoms with Crippen LogP contribution in [0.2, 0.25) is 0 Å². The number of fused-ring (bicyclic) bond motifs is 1. The van der Waals surface area contributed by atoms with Gasteiger partial charge in [0.05, 0.1) is 19.0 Å². The Morgan fingerprint density at radius 1 is 1.00 bits per heavy atom. The van der Waals surface area contributed by atoms with Crippen molar-refractivity contribution in [2.45, 2.75) is 19.4 Å². The summed E-state index contributed by atoms with van der Waals surface area (Å²) in [5, 5.41) is 1.55. The van der Waals surface area contributed by atoms with Crippen LogP contribution in [0, 0.1) is 6.92 Å². The predicted molar refractivity (Wildman–Crippen MR) is 120 cm³/mol. The quantitative estimate of drug-likeness (QED) is 0.491. The summed E-state index contributed by atoms with van der Waals surface area (Å²) in [5.41, 5.74) is 12.0. The van der Waals surface area contributed by atoms with Gasteiger partial charge in [-0.05, 0) is 29.7 Å². The molecule has 1 aliphatic heterocycles. The average molecular weight is 399 g/mol. The molecule has 0 saturated heterocycles.